The second-order valence-corrected chi connectivity index (χ2v) is 4.31. The van der Waals surface area contributed by atoms with Gasteiger partial charge in [0.15, 0.2) is 4.96 Å². The van der Waals surface area contributed by atoms with Crippen LogP contribution in [-0.2, 0) is 4.79 Å². The molecule has 0 bridgehead atoms. The van der Waals surface area contributed by atoms with Crippen LogP contribution in [0.25, 0.3) is 4.96 Å². The van der Waals surface area contributed by atoms with Crippen molar-refractivity contribution in [2.45, 2.75) is 26.2 Å². The molecule has 0 radical (unpaired) electrons. The van der Waals surface area contributed by atoms with Gasteiger partial charge in [0, 0.05) is 11.6 Å². The maximum Gasteiger partial charge on any atom is 0.312 e. The Hall–Kier alpha value is -1.36. The van der Waals surface area contributed by atoms with Crippen molar-refractivity contribution in [3.05, 3.63) is 23.0 Å². The minimum absolute atomic E-state index is 0.463. The molecular formula is C10H12N2O2S. The molecule has 0 saturated carbocycles. The van der Waals surface area contributed by atoms with Gasteiger partial charge in [-0.25, -0.2) is 4.98 Å². The summed E-state index contributed by atoms with van der Waals surface area (Å²) in [7, 11) is 0. The van der Waals surface area contributed by atoms with Crippen LogP contribution in [0.3, 0.4) is 0 Å². The van der Waals surface area contributed by atoms with E-state index in [-0.39, 0.29) is 0 Å². The first kappa shape index (κ1) is 10.2. The van der Waals surface area contributed by atoms with E-state index in [1.54, 1.807) is 0 Å². The lowest BCUT2D eigenvalue weighted by molar-refractivity contribution is -0.139. The standard InChI is InChI=1S/C10H12N2O2S/c1-3-7(9(13)14)8-6(2)11-10-12(8)4-5-15-10/h4-5,7H,3H2,1-2H3,(H,13,14). The average molecular weight is 224 g/mol. The van der Waals surface area contributed by atoms with Crippen molar-refractivity contribution in [3.8, 4) is 0 Å². The lowest BCUT2D eigenvalue weighted by atomic mass is 10.0. The van der Waals surface area contributed by atoms with Gasteiger partial charge in [-0.3, -0.25) is 9.20 Å². The first-order valence-corrected chi connectivity index (χ1v) is 5.68. The number of imidazole rings is 1. The highest BCUT2D eigenvalue weighted by atomic mass is 32.1. The highest BCUT2D eigenvalue weighted by molar-refractivity contribution is 7.15. The molecule has 0 amide bonds. The van der Waals surface area contributed by atoms with E-state index in [0.717, 1.165) is 16.3 Å². The molecular weight excluding hydrogens is 212 g/mol. The minimum Gasteiger partial charge on any atom is -0.481 e. The van der Waals surface area contributed by atoms with E-state index in [2.05, 4.69) is 4.98 Å². The molecule has 0 fully saturated rings. The van der Waals surface area contributed by atoms with Crippen molar-refractivity contribution < 1.29 is 9.90 Å². The van der Waals surface area contributed by atoms with Crippen LogP contribution in [-0.4, -0.2) is 20.5 Å². The predicted octanol–water partition coefficient (Wildman–Crippen LogP) is 2.28. The number of hydrogen-bond donors (Lipinski definition) is 1. The van der Waals surface area contributed by atoms with E-state index in [0.29, 0.717) is 6.42 Å². The number of carbonyl (C=O) groups is 1. The van der Waals surface area contributed by atoms with Crippen molar-refractivity contribution in [2.75, 3.05) is 0 Å². The molecule has 0 aromatic carbocycles. The maximum atomic E-state index is 11.1. The second kappa shape index (κ2) is 3.66. The smallest absolute Gasteiger partial charge is 0.312 e. The Bertz CT molecular complexity index is 500. The van der Waals surface area contributed by atoms with Crippen molar-refractivity contribution in [1.29, 1.82) is 0 Å². The molecule has 2 aromatic heterocycles. The Labute approximate surface area is 91.2 Å². The zero-order valence-electron chi connectivity index (χ0n) is 8.60. The number of aliphatic carboxylic acids is 1. The monoisotopic (exact) mass is 224 g/mol. The first-order valence-electron chi connectivity index (χ1n) is 4.80. The van der Waals surface area contributed by atoms with Gasteiger partial charge in [0.2, 0.25) is 0 Å². The Kier molecular flexibility index (Phi) is 2.48. The van der Waals surface area contributed by atoms with Crippen LogP contribution in [0.1, 0.15) is 30.7 Å². The van der Waals surface area contributed by atoms with E-state index < -0.39 is 11.9 Å². The van der Waals surface area contributed by atoms with Crippen molar-refractivity contribution in [2.24, 2.45) is 0 Å². The number of carboxylic acids is 1. The molecule has 2 heterocycles. The highest BCUT2D eigenvalue weighted by Gasteiger charge is 2.24. The third kappa shape index (κ3) is 1.52. The fourth-order valence-corrected chi connectivity index (χ4v) is 2.58. The molecule has 1 N–H and O–H groups in total. The Morgan fingerprint density at radius 1 is 1.73 bits per heavy atom. The second-order valence-electron chi connectivity index (χ2n) is 3.44. The number of aryl methyl sites for hydroxylation is 1. The molecule has 1 unspecified atom stereocenters. The van der Waals surface area contributed by atoms with E-state index >= 15 is 0 Å². The Morgan fingerprint density at radius 2 is 2.47 bits per heavy atom. The van der Waals surface area contributed by atoms with E-state index in [1.165, 1.54) is 11.3 Å². The Balaban J connectivity index is 2.61. The molecule has 0 aliphatic carbocycles. The summed E-state index contributed by atoms with van der Waals surface area (Å²) in [6, 6.07) is 0. The lowest BCUT2D eigenvalue weighted by Crippen LogP contribution is -2.13. The summed E-state index contributed by atoms with van der Waals surface area (Å²) < 4.78 is 1.88. The third-order valence-electron chi connectivity index (χ3n) is 2.52. The van der Waals surface area contributed by atoms with Crippen LogP contribution in [0.5, 0.6) is 0 Å². The number of carboxylic acid groups (broad SMARTS) is 1. The summed E-state index contributed by atoms with van der Waals surface area (Å²) in [5.41, 5.74) is 1.62. The van der Waals surface area contributed by atoms with Crippen LogP contribution in [0, 0.1) is 6.92 Å². The van der Waals surface area contributed by atoms with Crippen LogP contribution < -0.4 is 0 Å². The molecule has 0 aliphatic heterocycles. The molecule has 2 rings (SSSR count). The highest BCUT2D eigenvalue weighted by Crippen LogP contribution is 2.26. The number of fused-ring (bicyclic) bond motifs is 1. The summed E-state index contributed by atoms with van der Waals surface area (Å²) in [5.74, 6) is -1.25. The van der Waals surface area contributed by atoms with Crippen molar-refractivity contribution in [3.63, 3.8) is 0 Å². The number of rotatable bonds is 3. The molecule has 15 heavy (non-hydrogen) atoms. The first-order chi connectivity index (χ1) is 7.15. The Morgan fingerprint density at radius 3 is 3.07 bits per heavy atom. The zero-order chi connectivity index (χ0) is 11.0. The fraction of sp³-hybridized carbons (Fsp3) is 0.400. The van der Waals surface area contributed by atoms with Gasteiger partial charge in [0.1, 0.15) is 0 Å². The zero-order valence-corrected chi connectivity index (χ0v) is 9.41. The van der Waals surface area contributed by atoms with Gasteiger partial charge in [-0.05, 0) is 13.3 Å². The SMILES string of the molecule is CCC(C(=O)O)c1c(C)nc2sccn12. The maximum absolute atomic E-state index is 11.1. The molecule has 0 aliphatic rings. The number of hydrogen-bond acceptors (Lipinski definition) is 3. The molecule has 80 valence electrons. The predicted molar refractivity (Wildman–Crippen MR) is 58.5 cm³/mol. The van der Waals surface area contributed by atoms with Crippen LogP contribution in [0.4, 0.5) is 0 Å². The topological polar surface area (TPSA) is 54.6 Å². The largest absolute Gasteiger partial charge is 0.481 e. The van der Waals surface area contributed by atoms with Gasteiger partial charge in [-0.1, -0.05) is 6.92 Å². The van der Waals surface area contributed by atoms with E-state index in [4.69, 9.17) is 5.11 Å². The van der Waals surface area contributed by atoms with Gasteiger partial charge in [0.25, 0.3) is 0 Å². The summed E-state index contributed by atoms with van der Waals surface area (Å²) in [6.45, 7) is 3.74. The quantitative estimate of drug-likeness (QED) is 0.870. The molecule has 2 aromatic rings. The fourth-order valence-electron chi connectivity index (χ4n) is 1.82. The molecule has 0 spiro atoms. The molecule has 1 atom stereocenters. The summed E-state index contributed by atoms with van der Waals surface area (Å²) >= 11 is 1.52. The van der Waals surface area contributed by atoms with Gasteiger partial charge < -0.3 is 5.11 Å². The normalized spacial score (nSPS) is 13.2. The number of aromatic nitrogens is 2. The molecule has 4 nitrogen and oxygen atoms in total. The summed E-state index contributed by atoms with van der Waals surface area (Å²) in [4.78, 5) is 16.3. The minimum atomic E-state index is -0.784. The van der Waals surface area contributed by atoms with Gasteiger partial charge in [0.05, 0.1) is 17.3 Å². The summed E-state index contributed by atoms with van der Waals surface area (Å²) in [5, 5.41) is 11.0. The third-order valence-corrected chi connectivity index (χ3v) is 3.28. The molecule has 5 heteroatoms. The van der Waals surface area contributed by atoms with Gasteiger partial charge in [-0.2, -0.15) is 0 Å². The van der Waals surface area contributed by atoms with Crippen LogP contribution in [0.15, 0.2) is 11.6 Å². The summed E-state index contributed by atoms with van der Waals surface area (Å²) in [6.07, 6.45) is 2.46. The number of thiazole rings is 1. The number of nitrogens with zero attached hydrogens (tertiary/aromatic N) is 2. The van der Waals surface area contributed by atoms with Crippen molar-refractivity contribution in [1.82, 2.24) is 9.38 Å². The lowest BCUT2D eigenvalue weighted by Gasteiger charge is -2.09. The van der Waals surface area contributed by atoms with Gasteiger partial charge >= 0.3 is 5.97 Å². The molecule has 0 saturated heterocycles. The van der Waals surface area contributed by atoms with E-state index in [9.17, 15) is 4.79 Å². The average Bonchev–Trinajstić information content (AvgIpc) is 2.69. The van der Waals surface area contributed by atoms with Gasteiger partial charge in [-0.15, -0.1) is 11.3 Å². The van der Waals surface area contributed by atoms with Crippen LogP contribution in [0.2, 0.25) is 0 Å². The van der Waals surface area contributed by atoms with Crippen LogP contribution >= 0.6 is 11.3 Å². The van der Waals surface area contributed by atoms with E-state index in [1.807, 2.05) is 29.8 Å². The van der Waals surface area contributed by atoms with Crippen molar-refractivity contribution >= 4 is 22.3 Å².